The van der Waals surface area contributed by atoms with E-state index in [-0.39, 0.29) is 17.3 Å². The molecule has 1 aromatic carbocycles. The van der Waals surface area contributed by atoms with E-state index in [1.54, 1.807) is 6.92 Å². The van der Waals surface area contributed by atoms with Gasteiger partial charge in [-0.1, -0.05) is 6.07 Å². The van der Waals surface area contributed by atoms with E-state index in [2.05, 4.69) is 0 Å². The SMILES string of the molecule is COc1ccc(CS(=O)(=O)CC(C)N)cc1F. The first kappa shape index (κ1) is 13.9. The first-order valence-corrected chi connectivity index (χ1v) is 6.94. The van der Waals surface area contributed by atoms with Crippen LogP contribution in [-0.4, -0.2) is 27.3 Å². The van der Waals surface area contributed by atoms with E-state index >= 15 is 0 Å². The highest BCUT2D eigenvalue weighted by Gasteiger charge is 2.15. The van der Waals surface area contributed by atoms with Crippen molar-refractivity contribution >= 4 is 9.84 Å². The van der Waals surface area contributed by atoms with Gasteiger partial charge in [0.15, 0.2) is 21.4 Å². The van der Waals surface area contributed by atoms with Gasteiger partial charge in [-0.15, -0.1) is 0 Å². The number of benzene rings is 1. The van der Waals surface area contributed by atoms with Crippen LogP contribution in [0, 0.1) is 5.82 Å². The Hall–Kier alpha value is -1.14. The molecule has 0 fully saturated rings. The Bertz CT molecular complexity index is 485. The van der Waals surface area contributed by atoms with Gasteiger partial charge in [0.25, 0.3) is 0 Å². The third-order valence-corrected chi connectivity index (χ3v) is 3.93. The van der Waals surface area contributed by atoms with Crippen molar-refractivity contribution in [3.05, 3.63) is 29.6 Å². The molecule has 0 amide bonds. The lowest BCUT2D eigenvalue weighted by molar-refractivity contribution is 0.386. The van der Waals surface area contributed by atoms with Gasteiger partial charge in [0, 0.05) is 6.04 Å². The monoisotopic (exact) mass is 261 g/mol. The van der Waals surface area contributed by atoms with Crippen LogP contribution < -0.4 is 10.5 Å². The van der Waals surface area contributed by atoms with Crippen LogP contribution in [0.5, 0.6) is 5.75 Å². The Morgan fingerprint density at radius 2 is 2.12 bits per heavy atom. The van der Waals surface area contributed by atoms with Crippen LogP contribution in [0.2, 0.25) is 0 Å². The highest BCUT2D eigenvalue weighted by Crippen LogP contribution is 2.19. The summed E-state index contributed by atoms with van der Waals surface area (Å²) in [6, 6.07) is 3.67. The molecular formula is C11H16FNO3S. The van der Waals surface area contributed by atoms with Crippen molar-refractivity contribution in [3.63, 3.8) is 0 Å². The van der Waals surface area contributed by atoms with Crippen LogP contribution in [0.3, 0.4) is 0 Å². The number of halogens is 1. The lowest BCUT2D eigenvalue weighted by Gasteiger charge is -2.08. The number of methoxy groups -OCH3 is 1. The Kier molecular flexibility index (Phi) is 4.47. The van der Waals surface area contributed by atoms with Gasteiger partial charge >= 0.3 is 0 Å². The zero-order valence-corrected chi connectivity index (χ0v) is 10.6. The maximum atomic E-state index is 13.3. The van der Waals surface area contributed by atoms with Crippen molar-refractivity contribution in [2.75, 3.05) is 12.9 Å². The summed E-state index contributed by atoms with van der Waals surface area (Å²) >= 11 is 0. The van der Waals surface area contributed by atoms with Gasteiger partial charge in [-0.05, 0) is 24.6 Å². The largest absolute Gasteiger partial charge is 0.494 e. The summed E-state index contributed by atoms with van der Waals surface area (Å²) in [6.07, 6.45) is 0. The van der Waals surface area contributed by atoms with E-state index in [1.807, 2.05) is 0 Å². The number of ether oxygens (including phenoxy) is 1. The smallest absolute Gasteiger partial charge is 0.165 e. The zero-order valence-electron chi connectivity index (χ0n) is 9.81. The predicted molar refractivity (Wildman–Crippen MR) is 64.1 cm³/mol. The average Bonchev–Trinajstić information content (AvgIpc) is 2.14. The van der Waals surface area contributed by atoms with Crippen molar-refractivity contribution in [2.45, 2.75) is 18.7 Å². The lowest BCUT2D eigenvalue weighted by atomic mass is 10.2. The number of sulfone groups is 1. The summed E-state index contributed by atoms with van der Waals surface area (Å²) in [5, 5.41) is 0. The topological polar surface area (TPSA) is 69.4 Å². The van der Waals surface area contributed by atoms with Gasteiger partial charge in [0.05, 0.1) is 18.6 Å². The molecule has 1 unspecified atom stereocenters. The highest BCUT2D eigenvalue weighted by atomic mass is 32.2. The molecule has 1 aromatic rings. The van der Waals surface area contributed by atoms with Gasteiger partial charge < -0.3 is 10.5 Å². The minimum absolute atomic E-state index is 0.0957. The molecule has 0 aromatic heterocycles. The molecule has 96 valence electrons. The molecule has 0 saturated carbocycles. The van der Waals surface area contributed by atoms with Crippen molar-refractivity contribution < 1.29 is 17.5 Å². The minimum Gasteiger partial charge on any atom is -0.494 e. The van der Waals surface area contributed by atoms with Gasteiger partial charge in [-0.25, -0.2) is 12.8 Å². The number of hydrogen-bond donors (Lipinski definition) is 1. The standard InChI is InChI=1S/C11H16FNO3S/c1-8(13)6-17(14,15)7-9-3-4-11(16-2)10(12)5-9/h3-5,8H,6-7,13H2,1-2H3. The Balaban J connectivity index is 2.86. The van der Waals surface area contributed by atoms with Crippen molar-refractivity contribution in [1.29, 1.82) is 0 Å². The summed E-state index contributed by atoms with van der Waals surface area (Å²) in [6.45, 7) is 1.62. The fraction of sp³-hybridized carbons (Fsp3) is 0.455. The fourth-order valence-corrected chi connectivity index (χ4v) is 3.12. The molecule has 0 aliphatic carbocycles. The maximum Gasteiger partial charge on any atom is 0.165 e. The highest BCUT2D eigenvalue weighted by molar-refractivity contribution is 7.90. The summed E-state index contributed by atoms with van der Waals surface area (Å²) < 4.78 is 41.4. The number of rotatable bonds is 5. The zero-order chi connectivity index (χ0) is 13.1. The van der Waals surface area contributed by atoms with Crippen LogP contribution in [0.1, 0.15) is 12.5 Å². The molecule has 0 aliphatic rings. The van der Waals surface area contributed by atoms with E-state index in [0.29, 0.717) is 5.56 Å². The van der Waals surface area contributed by atoms with Gasteiger partial charge in [-0.3, -0.25) is 0 Å². The molecule has 1 atom stereocenters. The van der Waals surface area contributed by atoms with Crippen LogP contribution in [0.25, 0.3) is 0 Å². The van der Waals surface area contributed by atoms with Gasteiger partial charge in [0.1, 0.15) is 0 Å². The predicted octanol–water partition coefficient (Wildman–Crippen LogP) is 1.10. The summed E-state index contributed by atoms with van der Waals surface area (Å²) in [4.78, 5) is 0. The minimum atomic E-state index is -3.30. The van der Waals surface area contributed by atoms with E-state index in [9.17, 15) is 12.8 Å². The molecule has 0 spiro atoms. The Morgan fingerprint density at radius 1 is 1.47 bits per heavy atom. The third-order valence-electron chi connectivity index (χ3n) is 2.12. The van der Waals surface area contributed by atoms with Crippen LogP contribution in [0.4, 0.5) is 4.39 Å². The van der Waals surface area contributed by atoms with E-state index in [4.69, 9.17) is 10.5 Å². The van der Waals surface area contributed by atoms with E-state index < -0.39 is 21.7 Å². The van der Waals surface area contributed by atoms with Gasteiger partial charge in [-0.2, -0.15) is 0 Å². The van der Waals surface area contributed by atoms with Crippen LogP contribution in [0.15, 0.2) is 18.2 Å². The quantitative estimate of drug-likeness (QED) is 0.861. The average molecular weight is 261 g/mol. The van der Waals surface area contributed by atoms with Crippen molar-refractivity contribution in [3.8, 4) is 5.75 Å². The third kappa shape index (κ3) is 4.32. The van der Waals surface area contributed by atoms with Crippen molar-refractivity contribution in [1.82, 2.24) is 0 Å². The second-order valence-corrected chi connectivity index (χ2v) is 6.11. The molecule has 0 aliphatic heterocycles. The summed E-state index contributed by atoms with van der Waals surface area (Å²) in [5.41, 5.74) is 5.83. The normalized spacial score (nSPS) is 13.4. The molecule has 17 heavy (non-hydrogen) atoms. The fourth-order valence-electron chi connectivity index (χ4n) is 1.51. The number of hydrogen-bond acceptors (Lipinski definition) is 4. The second kappa shape index (κ2) is 5.46. The lowest BCUT2D eigenvalue weighted by Crippen LogP contribution is -2.27. The second-order valence-electron chi connectivity index (χ2n) is 4.00. The van der Waals surface area contributed by atoms with E-state index in [1.165, 1.54) is 19.2 Å². The molecule has 0 saturated heterocycles. The van der Waals surface area contributed by atoms with Gasteiger partial charge in [0.2, 0.25) is 0 Å². The molecule has 1 rings (SSSR count). The summed E-state index contributed by atoms with van der Waals surface area (Å²) in [7, 11) is -1.95. The first-order valence-electron chi connectivity index (χ1n) is 5.12. The molecule has 0 bridgehead atoms. The molecule has 2 N–H and O–H groups in total. The van der Waals surface area contributed by atoms with Crippen LogP contribution in [-0.2, 0) is 15.6 Å². The van der Waals surface area contributed by atoms with E-state index in [0.717, 1.165) is 6.07 Å². The molecule has 4 nitrogen and oxygen atoms in total. The molecule has 0 heterocycles. The Morgan fingerprint density at radius 3 is 2.59 bits per heavy atom. The van der Waals surface area contributed by atoms with Crippen molar-refractivity contribution in [2.24, 2.45) is 5.73 Å². The number of nitrogens with two attached hydrogens (primary N) is 1. The first-order chi connectivity index (χ1) is 7.84. The maximum absolute atomic E-state index is 13.3. The molecule has 0 radical (unpaired) electrons. The summed E-state index contributed by atoms with van der Waals surface area (Å²) in [5.74, 6) is -0.796. The van der Waals surface area contributed by atoms with Crippen LogP contribution >= 0.6 is 0 Å². The molecular weight excluding hydrogens is 245 g/mol. The Labute approximate surface area is 101 Å². The molecule has 6 heteroatoms.